The average molecular weight is 787 g/mol. The van der Waals surface area contributed by atoms with Gasteiger partial charge in [-0.3, -0.25) is 9.67 Å². The van der Waals surface area contributed by atoms with Crippen LogP contribution in [0.1, 0.15) is 54.5 Å². The molecule has 0 aromatic carbocycles. The number of likely N-dealkylation sites (tertiary alicyclic amines) is 1. The predicted octanol–water partition coefficient (Wildman–Crippen LogP) is 4.61. The van der Waals surface area contributed by atoms with Gasteiger partial charge in [-0.15, -0.1) is 0 Å². The van der Waals surface area contributed by atoms with Crippen molar-refractivity contribution in [1.82, 2.24) is 54.2 Å². The molecule has 2 aliphatic heterocycles. The van der Waals surface area contributed by atoms with Crippen LogP contribution in [0.3, 0.4) is 0 Å². The van der Waals surface area contributed by atoms with Gasteiger partial charge in [-0.25, -0.2) is 9.97 Å². The van der Waals surface area contributed by atoms with Crippen molar-refractivity contribution in [2.45, 2.75) is 44.1 Å². The van der Waals surface area contributed by atoms with Crippen molar-refractivity contribution in [3.8, 4) is 28.3 Å². The van der Waals surface area contributed by atoms with Crippen LogP contribution in [0.25, 0.3) is 33.5 Å². The zero-order chi connectivity index (χ0) is 33.6. The van der Waals surface area contributed by atoms with Crippen molar-refractivity contribution in [3.63, 3.8) is 0 Å². The molecule has 8 heterocycles. The van der Waals surface area contributed by atoms with Crippen LogP contribution in [0, 0.1) is 11.3 Å². The Balaban J connectivity index is 0.998. The lowest BCUT2D eigenvalue weighted by Gasteiger charge is -2.33. The van der Waals surface area contributed by atoms with Gasteiger partial charge in [0.15, 0.2) is 11.3 Å². The fourth-order valence-corrected chi connectivity index (χ4v) is 8.22. The molecule has 14 nitrogen and oxygen atoms in total. The molecule has 2 unspecified atom stereocenters. The van der Waals surface area contributed by atoms with Crippen LogP contribution < -0.4 is 16.8 Å². The molecular weight excluding hydrogens is 752 g/mol. The monoisotopic (exact) mass is 784 g/mol. The first-order valence-corrected chi connectivity index (χ1v) is 17.9. The largest absolute Gasteiger partial charge is 0.383 e. The van der Waals surface area contributed by atoms with Gasteiger partial charge >= 0.3 is 0 Å². The number of nitrogens with two attached hydrogens (primary N) is 2. The summed E-state index contributed by atoms with van der Waals surface area (Å²) in [5, 5.41) is 26.6. The summed E-state index contributed by atoms with van der Waals surface area (Å²) in [5.74, 6) is 1.53. The molecule has 2 atom stereocenters. The first kappa shape index (κ1) is 31.8. The number of pyridine rings is 1. The number of aromatic nitrogens is 9. The van der Waals surface area contributed by atoms with E-state index >= 15 is 0 Å². The molecule has 2 saturated heterocycles. The second-order valence-electron chi connectivity index (χ2n) is 12.7. The highest BCUT2D eigenvalue weighted by molar-refractivity contribution is 9.11. The van der Waals surface area contributed by atoms with Crippen LogP contribution in [0.5, 0.6) is 0 Å². The summed E-state index contributed by atoms with van der Waals surface area (Å²) in [6.07, 6.45) is 15.0. The molecule has 250 valence electrons. The second kappa shape index (κ2) is 13.1. The Morgan fingerprint density at radius 2 is 1.53 bits per heavy atom. The van der Waals surface area contributed by atoms with E-state index in [0.29, 0.717) is 28.8 Å². The number of hydrogen-bond acceptors (Lipinski definition) is 11. The molecule has 0 bridgehead atoms. The summed E-state index contributed by atoms with van der Waals surface area (Å²) >= 11 is 7.42. The van der Waals surface area contributed by atoms with Crippen molar-refractivity contribution >= 4 is 54.8 Å². The predicted molar refractivity (Wildman–Crippen MR) is 193 cm³/mol. The first-order chi connectivity index (χ1) is 23.9. The Morgan fingerprint density at radius 3 is 2.22 bits per heavy atom. The Labute approximate surface area is 298 Å². The topological polar surface area (TPSA) is 182 Å². The van der Waals surface area contributed by atoms with Crippen LogP contribution in [0.15, 0.2) is 52.2 Å². The van der Waals surface area contributed by atoms with Crippen molar-refractivity contribution in [2.24, 2.45) is 0 Å². The Hall–Kier alpha value is -4.43. The molecule has 2 aliphatic rings. The molecule has 49 heavy (non-hydrogen) atoms. The molecule has 0 amide bonds. The van der Waals surface area contributed by atoms with Crippen LogP contribution >= 0.6 is 31.9 Å². The lowest BCUT2D eigenvalue weighted by Crippen LogP contribution is -2.37. The molecule has 6 aromatic heterocycles. The lowest BCUT2D eigenvalue weighted by molar-refractivity contribution is 0.197. The normalized spacial score (nSPS) is 18.7. The molecule has 0 saturated carbocycles. The maximum atomic E-state index is 9.38. The SMILES string of the molecule is N#Cc1cncc(-c2cnn3c(N)c(Br)c(C4CCCN(CCn5cc(-c6cnn7c(N)c(Br)c(C8CCCNC8)nc67)cn5)C4)nc23)c1. The van der Waals surface area contributed by atoms with Crippen LogP contribution in [-0.4, -0.2) is 81.6 Å². The number of nitriles is 1. The molecule has 0 aliphatic carbocycles. The number of piperidine rings is 2. The van der Waals surface area contributed by atoms with Crippen molar-refractivity contribution < 1.29 is 0 Å². The van der Waals surface area contributed by atoms with E-state index in [2.05, 4.69) is 69.5 Å². The van der Waals surface area contributed by atoms with Crippen molar-refractivity contribution in [3.05, 3.63) is 69.1 Å². The van der Waals surface area contributed by atoms with Gasteiger partial charge in [0.05, 0.1) is 51.0 Å². The maximum absolute atomic E-state index is 9.38. The summed E-state index contributed by atoms with van der Waals surface area (Å²) in [7, 11) is 0. The summed E-state index contributed by atoms with van der Waals surface area (Å²) in [5.41, 5.74) is 20.3. The zero-order valence-electron chi connectivity index (χ0n) is 26.6. The molecule has 5 N–H and O–H groups in total. The highest BCUT2D eigenvalue weighted by atomic mass is 79.9. The smallest absolute Gasteiger partial charge is 0.165 e. The number of hydrogen-bond donors (Lipinski definition) is 3. The highest BCUT2D eigenvalue weighted by Gasteiger charge is 2.28. The Kier molecular flexibility index (Phi) is 8.52. The number of nitrogen functional groups attached to an aromatic ring is 2. The third kappa shape index (κ3) is 5.84. The molecule has 0 spiro atoms. The fourth-order valence-electron chi connectivity index (χ4n) is 7.06. The van der Waals surface area contributed by atoms with Gasteiger partial charge in [0.25, 0.3) is 0 Å². The minimum absolute atomic E-state index is 0.179. The molecule has 2 fully saturated rings. The summed E-state index contributed by atoms with van der Waals surface area (Å²) in [4.78, 5) is 16.9. The maximum Gasteiger partial charge on any atom is 0.165 e. The van der Waals surface area contributed by atoms with Gasteiger partial charge in [0, 0.05) is 72.3 Å². The van der Waals surface area contributed by atoms with E-state index in [9.17, 15) is 5.26 Å². The number of anilines is 2. The van der Waals surface area contributed by atoms with Crippen LogP contribution in [0.4, 0.5) is 11.6 Å². The zero-order valence-corrected chi connectivity index (χ0v) is 29.8. The fraction of sp³-hybridized carbons (Fsp3) is 0.364. The van der Waals surface area contributed by atoms with Gasteiger partial charge in [-0.05, 0) is 76.7 Å². The third-order valence-electron chi connectivity index (χ3n) is 9.64. The van der Waals surface area contributed by atoms with E-state index < -0.39 is 0 Å². The molecule has 6 aromatic rings. The van der Waals surface area contributed by atoms with Gasteiger partial charge in [-0.1, -0.05) is 0 Å². The number of nitrogens with one attached hydrogen (secondary N) is 1. The van der Waals surface area contributed by atoms with Gasteiger partial charge < -0.3 is 21.7 Å². The quantitative estimate of drug-likeness (QED) is 0.206. The van der Waals surface area contributed by atoms with E-state index in [-0.39, 0.29) is 5.92 Å². The minimum atomic E-state index is 0.179. The third-order valence-corrected chi connectivity index (χ3v) is 11.3. The van der Waals surface area contributed by atoms with Gasteiger partial charge in [0.1, 0.15) is 17.7 Å². The molecule has 0 radical (unpaired) electrons. The van der Waals surface area contributed by atoms with Crippen molar-refractivity contribution in [2.75, 3.05) is 44.2 Å². The molecule has 16 heteroatoms. The van der Waals surface area contributed by atoms with E-state index in [0.717, 1.165) is 113 Å². The summed E-state index contributed by atoms with van der Waals surface area (Å²) in [6, 6.07) is 3.94. The Morgan fingerprint density at radius 1 is 0.837 bits per heavy atom. The number of halogens is 2. The van der Waals surface area contributed by atoms with E-state index in [4.69, 9.17) is 26.5 Å². The minimum Gasteiger partial charge on any atom is -0.383 e. The molecule has 8 rings (SSSR count). The Bertz CT molecular complexity index is 2220. The van der Waals surface area contributed by atoms with E-state index in [1.54, 1.807) is 27.5 Å². The average Bonchev–Trinajstić information content (AvgIpc) is 3.90. The lowest BCUT2D eigenvalue weighted by atomic mass is 9.94. The van der Waals surface area contributed by atoms with Crippen LogP contribution in [0.2, 0.25) is 0 Å². The summed E-state index contributed by atoms with van der Waals surface area (Å²) < 4.78 is 6.90. The van der Waals surface area contributed by atoms with Crippen molar-refractivity contribution in [1.29, 1.82) is 5.26 Å². The highest BCUT2D eigenvalue weighted by Crippen LogP contribution is 2.37. The second-order valence-corrected chi connectivity index (χ2v) is 14.3. The molecular formula is C33H34Br2N14. The van der Waals surface area contributed by atoms with Gasteiger partial charge in [-0.2, -0.15) is 29.6 Å². The van der Waals surface area contributed by atoms with E-state index in [1.165, 1.54) is 6.20 Å². The van der Waals surface area contributed by atoms with Crippen LogP contribution in [-0.2, 0) is 6.54 Å². The number of nitrogens with zero attached hydrogens (tertiary/aromatic N) is 11. The number of fused-ring (bicyclic) bond motifs is 2. The van der Waals surface area contributed by atoms with E-state index in [1.807, 2.05) is 17.1 Å². The summed E-state index contributed by atoms with van der Waals surface area (Å²) in [6.45, 7) is 5.32. The first-order valence-electron chi connectivity index (χ1n) is 16.4. The standard InChI is InChI=1S/C33H34Br2N14/c34-26-28(20-3-1-5-39-12-20)44-33-25(16-43-49(33)30(26)37)23-14-41-47(18-23)8-7-46-6-2-4-21(17-46)29-27(35)31(38)48-32(45-29)24(15-42-48)22-9-19(10-36)11-40-13-22/h9,11,13-16,18,20-21,39H,1-8,12,17,37-38H2. The van der Waals surface area contributed by atoms with Gasteiger partial charge in [0.2, 0.25) is 0 Å². The number of rotatable bonds is 7.